The average Bonchev–Trinajstić information content (AvgIpc) is 2.36. The molecule has 0 radical (unpaired) electrons. The molecule has 0 unspecified atom stereocenters. The number of hydrogen-bond donors (Lipinski definition) is 3. The first-order valence-electron chi connectivity index (χ1n) is 5.79. The van der Waals surface area contributed by atoms with Crippen LogP contribution < -0.4 is 16.6 Å². The normalized spacial score (nSPS) is 10.7. The fraction of sp³-hybridized carbons (Fsp3) is 0.231. The van der Waals surface area contributed by atoms with Crippen molar-refractivity contribution in [1.29, 1.82) is 0 Å². The molecule has 0 aliphatic heterocycles. The van der Waals surface area contributed by atoms with Gasteiger partial charge in [-0.25, -0.2) is 10.8 Å². The van der Waals surface area contributed by atoms with Crippen molar-refractivity contribution in [2.24, 2.45) is 5.84 Å². The maximum Gasteiger partial charge on any atom is 0.252 e. The molecule has 2 aromatic rings. The number of nitrogens with zero attached hydrogens (tertiary/aromatic N) is 1. The Kier molecular flexibility index (Phi) is 3.43. The van der Waals surface area contributed by atoms with Crippen LogP contribution in [0.15, 0.2) is 30.3 Å². The number of hydrogen-bond acceptors (Lipinski definition) is 4. The highest BCUT2D eigenvalue weighted by Gasteiger charge is 2.13. The quantitative estimate of drug-likeness (QED) is 0.566. The van der Waals surface area contributed by atoms with E-state index in [1.54, 1.807) is 6.07 Å². The highest BCUT2D eigenvalue weighted by molar-refractivity contribution is 6.07. The lowest BCUT2D eigenvalue weighted by Crippen LogP contribution is -2.30. The van der Waals surface area contributed by atoms with Crippen LogP contribution in [0.4, 0.5) is 5.82 Å². The molecule has 0 aliphatic carbocycles. The second kappa shape index (κ2) is 5.01. The number of nitrogens with two attached hydrogens (primary N) is 1. The summed E-state index contributed by atoms with van der Waals surface area (Å²) >= 11 is 0. The van der Waals surface area contributed by atoms with Gasteiger partial charge in [-0.15, -0.1) is 0 Å². The van der Waals surface area contributed by atoms with Gasteiger partial charge in [0.2, 0.25) is 0 Å². The maximum atomic E-state index is 12.1. The van der Waals surface area contributed by atoms with Crippen molar-refractivity contribution in [2.75, 3.05) is 5.43 Å². The standard InChI is InChI=1S/C13H16N4O/c1-8(2)15-13(18)10-7-12(17-14)16-11-6-4-3-5-9(10)11/h3-8H,14H2,1-2H3,(H,15,18)(H,16,17). The fourth-order valence-corrected chi connectivity index (χ4v) is 1.78. The van der Waals surface area contributed by atoms with Crippen LogP contribution in [-0.2, 0) is 0 Å². The van der Waals surface area contributed by atoms with Crippen LogP contribution in [0.1, 0.15) is 24.2 Å². The molecule has 18 heavy (non-hydrogen) atoms. The topological polar surface area (TPSA) is 80.0 Å². The Morgan fingerprint density at radius 3 is 2.72 bits per heavy atom. The predicted molar refractivity (Wildman–Crippen MR) is 72.2 cm³/mol. The monoisotopic (exact) mass is 244 g/mol. The molecule has 1 heterocycles. The maximum absolute atomic E-state index is 12.1. The van der Waals surface area contributed by atoms with Crippen LogP contribution in [0.2, 0.25) is 0 Å². The molecule has 4 N–H and O–H groups in total. The number of nitrogen functional groups attached to an aromatic ring is 1. The molecule has 0 saturated heterocycles. The van der Waals surface area contributed by atoms with Crippen molar-refractivity contribution in [3.63, 3.8) is 0 Å². The fourth-order valence-electron chi connectivity index (χ4n) is 1.78. The van der Waals surface area contributed by atoms with Gasteiger partial charge in [-0.3, -0.25) is 4.79 Å². The van der Waals surface area contributed by atoms with E-state index >= 15 is 0 Å². The van der Waals surface area contributed by atoms with Crippen molar-refractivity contribution >= 4 is 22.6 Å². The summed E-state index contributed by atoms with van der Waals surface area (Å²) < 4.78 is 0. The molecular weight excluding hydrogens is 228 g/mol. The Labute approximate surface area is 105 Å². The molecular formula is C13H16N4O. The third-order valence-electron chi connectivity index (χ3n) is 2.53. The predicted octanol–water partition coefficient (Wildman–Crippen LogP) is 1.66. The molecule has 94 valence electrons. The molecule has 5 heteroatoms. The van der Waals surface area contributed by atoms with Gasteiger partial charge in [0.15, 0.2) is 0 Å². The van der Waals surface area contributed by atoms with Crippen LogP contribution in [0, 0.1) is 0 Å². The molecule has 1 aromatic carbocycles. The van der Waals surface area contributed by atoms with E-state index in [2.05, 4.69) is 15.7 Å². The first-order valence-corrected chi connectivity index (χ1v) is 5.79. The van der Waals surface area contributed by atoms with Gasteiger partial charge in [0.1, 0.15) is 5.82 Å². The molecule has 0 spiro atoms. The smallest absolute Gasteiger partial charge is 0.252 e. The molecule has 0 fully saturated rings. The zero-order valence-electron chi connectivity index (χ0n) is 10.4. The summed E-state index contributed by atoms with van der Waals surface area (Å²) in [6, 6.07) is 9.21. The molecule has 5 nitrogen and oxygen atoms in total. The first-order chi connectivity index (χ1) is 8.61. The second-order valence-electron chi connectivity index (χ2n) is 4.34. The van der Waals surface area contributed by atoms with Gasteiger partial charge < -0.3 is 10.7 Å². The lowest BCUT2D eigenvalue weighted by Gasteiger charge is -2.11. The number of para-hydroxylation sites is 1. The zero-order chi connectivity index (χ0) is 13.1. The van der Waals surface area contributed by atoms with E-state index in [-0.39, 0.29) is 11.9 Å². The number of anilines is 1. The van der Waals surface area contributed by atoms with Crippen molar-refractivity contribution < 1.29 is 4.79 Å². The molecule has 0 bridgehead atoms. The van der Waals surface area contributed by atoms with E-state index in [0.717, 1.165) is 10.9 Å². The molecule has 0 saturated carbocycles. The van der Waals surface area contributed by atoms with Gasteiger partial charge >= 0.3 is 0 Å². The summed E-state index contributed by atoms with van der Waals surface area (Å²) in [5, 5.41) is 3.68. The highest BCUT2D eigenvalue weighted by Crippen LogP contribution is 2.20. The van der Waals surface area contributed by atoms with Crippen LogP contribution in [0.3, 0.4) is 0 Å². The number of rotatable bonds is 3. The molecule has 0 aliphatic rings. The van der Waals surface area contributed by atoms with Crippen LogP contribution in [-0.4, -0.2) is 16.9 Å². The van der Waals surface area contributed by atoms with Crippen molar-refractivity contribution in [3.05, 3.63) is 35.9 Å². The van der Waals surface area contributed by atoms with E-state index in [1.807, 2.05) is 38.1 Å². The minimum Gasteiger partial charge on any atom is -0.350 e. The summed E-state index contributed by atoms with van der Waals surface area (Å²) in [5.41, 5.74) is 3.79. The summed E-state index contributed by atoms with van der Waals surface area (Å²) in [4.78, 5) is 16.4. The van der Waals surface area contributed by atoms with Crippen molar-refractivity contribution in [1.82, 2.24) is 10.3 Å². The number of benzene rings is 1. The number of hydrazine groups is 1. The third kappa shape index (κ3) is 2.41. The minimum absolute atomic E-state index is 0.0821. The number of fused-ring (bicyclic) bond motifs is 1. The third-order valence-corrected chi connectivity index (χ3v) is 2.53. The summed E-state index contributed by atoms with van der Waals surface area (Å²) in [6.07, 6.45) is 0. The molecule has 0 atom stereocenters. The zero-order valence-corrected chi connectivity index (χ0v) is 10.4. The number of pyridine rings is 1. The Bertz CT molecular complexity index is 580. The Morgan fingerprint density at radius 1 is 1.33 bits per heavy atom. The van der Waals surface area contributed by atoms with E-state index in [4.69, 9.17) is 5.84 Å². The number of amides is 1. The summed E-state index contributed by atoms with van der Waals surface area (Å²) in [6.45, 7) is 3.84. The Morgan fingerprint density at radius 2 is 2.06 bits per heavy atom. The summed E-state index contributed by atoms with van der Waals surface area (Å²) in [5.74, 6) is 5.72. The van der Waals surface area contributed by atoms with Gasteiger partial charge in [0.25, 0.3) is 5.91 Å². The van der Waals surface area contributed by atoms with Gasteiger partial charge in [-0.05, 0) is 26.0 Å². The van der Waals surface area contributed by atoms with Crippen LogP contribution in [0.5, 0.6) is 0 Å². The Hall–Kier alpha value is -2.14. The molecule has 1 amide bonds. The van der Waals surface area contributed by atoms with E-state index < -0.39 is 0 Å². The van der Waals surface area contributed by atoms with E-state index in [9.17, 15) is 4.79 Å². The number of carbonyl (C=O) groups excluding carboxylic acids is 1. The second-order valence-corrected chi connectivity index (χ2v) is 4.34. The van der Waals surface area contributed by atoms with Gasteiger partial charge in [0.05, 0.1) is 11.1 Å². The Balaban J connectivity index is 2.56. The highest BCUT2D eigenvalue weighted by atomic mass is 16.1. The largest absolute Gasteiger partial charge is 0.350 e. The number of aromatic nitrogens is 1. The molecule has 1 aromatic heterocycles. The van der Waals surface area contributed by atoms with Gasteiger partial charge in [0, 0.05) is 11.4 Å². The lowest BCUT2D eigenvalue weighted by atomic mass is 10.1. The van der Waals surface area contributed by atoms with E-state index in [0.29, 0.717) is 11.4 Å². The lowest BCUT2D eigenvalue weighted by molar-refractivity contribution is 0.0945. The summed E-state index contributed by atoms with van der Waals surface area (Å²) in [7, 11) is 0. The average molecular weight is 244 g/mol. The number of nitrogens with one attached hydrogen (secondary N) is 2. The van der Waals surface area contributed by atoms with Crippen molar-refractivity contribution in [3.8, 4) is 0 Å². The SMILES string of the molecule is CC(C)NC(=O)c1cc(NN)nc2ccccc12. The first kappa shape index (κ1) is 12.3. The number of carbonyl (C=O) groups is 1. The molecule has 2 rings (SSSR count). The van der Waals surface area contributed by atoms with Gasteiger partial charge in [-0.2, -0.15) is 0 Å². The minimum atomic E-state index is -0.125. The van der Waals surface area contributed by atoms with Crippen LogP contribution in [0.25, 0.3) is 10.9 Å². The van der Waals surface area contributed by atoms with Crippen LogP contribution >= 0.6 is 0 Å². The van der Waals surface area contributed by atoms with Crippen molar-refractivity contribution in [2.45, 2.75) is 19.9 Å². The van der Waals surface area contributed by atoms with Gasteiger partial charge in [-0.1, -0.05) is 18.2 Å². The van der Waals surface area contributed by atoms with E-state index in [1.165, 1.54) is 0 Å².